The van der Waals surface area contributed by atoms with Gasteiger partial charge in [0.05, 0.1) is 0 Å². The summed E-state index contributed by atoms with van der Waals surface area (Å²) in [5, 5.41) is 3.01. The first-order chi connectivity index (χ1) is 10.3. The molecule has 0 radical (unpaired) electrons. The number of rotatable bonds is 7. The predicted octanol–water partition coefficient (Wildman–Crippen LogP) is 2.05. The van der Waals surface area contributed by atoms with Crippen molar-refractivity contribution >= 4 is 5.91 Å². The van der Waals surface area contributed by atoms with Gasteiger partial charge in [-0.3, -0.25) is 9.69 Å². The predicted molar refractivity (Wildman–Crippen MR) is 83.9 cm³/mol. The molecule has 2 rings (SSSR count). The summed E-state index contributed by atoms with van der Waals surface area (Å²) >= 11 is 0. The zero-order chi connectivity index (χ0) is 14.9. The Kier molecular flexibility index (Phi) is 6.70. The first-order valence-corrected chi connectivity index (χ1v) is 7.82. The van der Waals surface area contributed by atoms with Crippen LogP contribution in [0.4, 0.5) is 0 Å². The van der Waals surface area contributed by atoms with Crippen LogP contribution in [-0.4, -0.2) is 44.2 Å². The van der Waals surface area contributed by atoms with Gasteiger partial charge in [0, 0.05) is 32.7 Å². The molecule has 116 valence electrons. The minimum Gasteiger partial charge on any atom is -0.385 e. The molecule has 1 aliphatic rings. The number of likely N-dealkylation sites (tertiary alicyclic amines) is 1. The van der Waals surface area contributed by atoms with Crippen molar-refractivity contribution < 1.29 is 9.53 Å². The van der Waals surface area contributed by atoms with E-state index in [1.165, 1.54) is 5.56 Å². The van der Waals surface area contributed by atoms with Gasteiger partial charge in [-0.25, -0.2) is 0 Å². The molecule has 0 aliphatic carbocycles. The highest BCUT2D eigenvalue weighted by atomic mass is 16.5. The second kappa shape index (κ2) is 8.80. The monoisotopic (exact) mass is 290 g/mol. The van der Waals surface area contributed by atoms with Gasteiger partial charge in [-0.2, -0.15) is 0 Å². The SMILES string of the molecule is COCCCNC(=O)C1CCN(Cc2ccccc2)CC1. The van der Waals surface area contributed by atoms with Crippen LogP contribution in [0.1, 0.15) is 24.8 Å². The summed E-state index contributed by atoms with van der Waals surface area (Å²) in [6.07, 6.45) is 2.81. The van der Waals surface area contributed by atoms with E-state index in [1.807, 2.05) is 6.07 Å². The number of carbonyl (C=O) groups excluding carboxylic acids is 1. The quantitative estimate of drug-likeness (QED) is 0.782. The fraction of sp³-hybridized carbons (Fsp3) is 0.588. The number of nitrogens with zero attached hydrogens (tertiary/aromatic N) is 1. The third-order valence-corrected chi connectivity index (χ3v) is 4.03. The smallest absolute Gasteiger partial charge is 0.223 e. The van der Waals surface area contributed by atoms with Crippen LogP contribution in [0.3, 0.4) is 0 Å². The molecular weight excluding hydrogens is 264 g/mol. The van der Waals surface area contributed by atoms with Crippen LogP contribution >= 0.6 is 0 Å². The number of methoxy groups -OCH3 is 1. The summed E-state index contributed by atoms with van der Waals surface area (Å²) in [6.45, 7) is 4.42. The van der Waals surface area contributed by atoms with Gasteiger partial charge in [-0.15, -0.1) is 0 Å². The molecule has 0 spiro atoms. The van der Waals surface area contributed by atoms with E-state index in [0.717, 1.165) is 45.4 Å². The summed E-state index contributed by atoms with van der Waals surface area (Å²) in [5.41, 5.74) is 1.35. The van der Waals surface area contributed by atoms with Crippen LogP contribution in [0.15, 0.2) is 30.3 Å². The van der Waals surface area contributed by atoms with E-state index in [2.05, 4.69) is 34.5 Å². The Morgan fingerprint density at radius 1 is 1.29 bits per heavy atom. The lowest BCUT2D eigenvalue weighted by Gasteiger charge is -2.31. The lowest BCUT2D eigenvalue weighted by molar-refractivity contribution is -0.126. The molecule has 21 heavy (non-hydrogen) atoms. The summed E-state index contributed by atoms with van der Waals surface area (Å²) in [6, 6.07) is 10.5. The van der Waals surface area contributed by atoms with Gasteiger partial charge < -0.3 is 10.1 Å². The molecule has 1 aromatic carbocycles. The van der Waals surface area contributed by atoms with E-state index in [9.17, 15) is 4.79 Å². The lowest BCUT2D eigenvalue weighted by atomic mass is 9.95. The average Bonchev–Trinajstić information content (AvgIpc) is 2.53. The van der Waals surface area contributed by atoms with Gasteiger partial charge in [0.25, 0.3) is 0 Å². The van der Waals surface area contributed by atoms with Crippen molar-refractivity contribution in [3.05, 3.63) is 35.9 Å². The largest absolute Gasteiger partial charge is 0.385 e. The van der Waals surface area contributed by atoms with E-state index >= 15 is 0 Å². The second-order valence-electron chi connectivity index (χ2n) is 5.67. The van der Waals surface area contributed by atoms with Crippen molar-refractivity contribution in [3.8, 4) is 0 Å². The fourth-order valence-corrected chi connectivity index (χ4v) is 2.77. The van der Waals surface area contributed by atoms with Crippen molar-refractivity contribution in [1.82, 2.24) is 10.2 Å². The fourth-order valence-electron chi connectivity index (χ4n) is 2.77. The first-order valence-electron chi connectivity index (χ1n) is 7.82. The summed E-state index contributed by atoms with van der Waals surface area (Å²) in [7, 11) is 1.68. The third-order valence-electron chi connectivity index (χ3n) is 4.03. The van der Waals surface area contributed by atoms with Crippen LogP contribution in [-0.2, 0) is 16.1 Å². The minimum atomic E-state index is 0.180. The summed E-state index contributed by atoms with van der Waals surface area (Å²) in [4.78, 5) is 14.5. The standard InChI is InChI=1S/C17H26N2O2/c1-21-13-5-10-18-17(20)16-8-11-19(12-9-16)14-15-6-3-2-4-7-15/h2-4,6-7,16H,5,8-14H2,1H3,(H,18,20). The molecule has 1 fully saturated rings. The van der Waals surface area contributed by atoms with Crippen LogP contribution < -0.4 is 5.32 Å². The number of hydrogen-bond acceptors (Lipinski definition) is 3. The van der Waals surface area contributed by atoms with Gasteiger partial charge in [0.1, 0.15) is 0 Å². The molecule has 0 saturated carbocycles. The van der Waals surface area contributed by atoms with Crippen molar-refractivity contribution in [2.45, 2.75) is 25.8 Å². The maximum absolute atomic E-state index is 12.1. The molecular formula is C17H26N2O2. The Balaban J connectivity index is 1.67. The van der Waals surface area contributed by atoms with Crippen molar-refractivity contribution in [2.24, 2.45) is 5.92 Å². The van der Waals surface area contributed by atoms with E-state index in [0.29, 0.717) is 6.61 Å². The van der Waals surface area contributed by atoms with Crippen LogP contribution in [0.5, 0.6) is 0 Å². The number of benzene rings is 1. The molecule has 0 atom stereocenters. The Labute approximate surface area is 127 Å². The lowest BCUT2D eigenvalue weighted by Crippen LogP contribution is -2.40. The Bertz CT molecular complexity index is 414. The highest BCUT2D eigenvalue weighted by Gasteiger charge is 2.24. The zero-order valence-corrected chi connectivity index (χ0v) is 12.9. The molecule has 1 amide bonds. The number of ether oxygens (including phenoxy) is 1. The second-order valence-corrected chi connectivity index (χ2v) is 5.67. The number of carbonyl (C=O) groups is 1. The van der Waals surface area contributed by atoms with Gasteiger partial charge in [-0.05, 0) is 37.9 Å². The zero-order valence-electron chi connectivity index (χ0n) is 12.9. The van der Waals surface area contributed by atoms with Gasteiger partial charge in [0.2, 0.25) is 5.91 Å². The van der Waals surface area contributed by atoms with Crippen molar-refractivity contribution in [1.29, 1.82) is 0 Å². The molecule has 4 heteroatoms. The molecule has 1 N–H and O–H groups in total. The highest BCUT2D eigenvalue weighted by Crippen LogP contribution is 2.19. The topological polar surface area (TPSA) is 41.6 Å². The van der Waals surface area contributed by atoms with Crippen LogP contribution in [0.2, 0.25) is 0 Å². The maximum Gasteiger partial charge on any atom is 0.223 e. The normalized spacial score (nSPS) is 16.8. The number of amides is 1. The average molecular weight is 290 g/mol. The maximum atomic E-state index is 12.1. The van der Waals surface area contributed by atoms with E-state index in [-0.39, 0.29) is 11.8 Å². The molecule has 0 aromatic heterocycles. The minimum absolute atomic E-state index is 0.180. The summed E-state index contributed by atoms with van der Waals surface area (Å²) in [5.74, 6) is 0.394. The first kappa shape index (κ1) is 16.0. The van der Waals surface area contributed by atoms with E-state index in [1.54, 1.807) is 7.11 Å². The van der Waals surface area contributed by atoms with Crippen molar-refractivity contribution in [2.75, 3.05) is 33.4 Å². The summed E-state index contributed by atoms with van der Waals surface area (Å²) < 4.78 is 4.98. The van der Waals surface area contributed by atoms with Gasteiger partial charge in [0.15, 0.2) is 0 Å². The molecule has 1 aliphatic heterocycles. The number of piperidine rings is 1. The van der Waals surface area contributed by atoms with Gasteiger partial charge in [-0.1, -0.05) is 30.3 Å². The molecule has 0 unspecified atom stereocenters. The van der Waals surface area contributed by atoms with Crippen molar-refractivity contribution in [3.63, 3.8) is 0 Å². The molecule has 4 nitrogen and oxygen atoms in total. The van der Waals surface area contributed by atoms with Gasteiger partial charge >= 0.3 is 0 Å². The van der Waals surface area contributed by atoms with Crippen LogP contribution in [0, 0.1) is 5.92 Å². The van der Waals surface area contributed by atoms with Crippen LogP contribution in [0.25, 0.3) is 0 Å². The Morgan fingerprint density at radius 2 is 2.00 bits per heavy atom. The Morgan fingerprint density at radius 3 is 2.67 bits per heavy atom. The molecule has 1 saturated heterocycles. The third kappa shape index (κ3) is 5.48. The Hall–Kier alpha value is -1.39. The number of hydrogen-bond donors (Lipinski definition) is 1. The number of nitrogens with one attached hydrogen (secondary N) is 1. The van der Waals surface area contributed by atoms with E-state index < -0.39 is 0 Å². The molecule has 0 bridgehead atoms. The highest BCUT2D eigenvalue weighted by molar-refractivity contribution is 5.78. The molecule has 1 heterocycles. The molecule has 1 aromatic rings. The van der Waals surface area contributed by atoms with E-state index in [4.69, 9.17) is 4.74 Å².